The van der Waals surface area contributed by atoms with Crippen molar-refractivity contribution in [1.82, 2.24) is 13.7 Å². The molecule has 4 aromatic rings. The summed E-state index contributed by atoms with van der Waals surface area (Å²) < 4.78 is 18.6. The van der Waals surface area contributed by atoms with Gasteiger partial charge in [0.2, 0.25) is 0 Å². The second kappa shape index (κ2) is 25.0. The molecular weight excluding hydrogens is 919 g/mol. The van der Waals surface area contributed by atoms with E-state index < -0.39 is 74.4 Å². The fraction of sp³-hybridized carbons (Fsp3) is 0.474. The molecule has 15 nitrogen and oxygen atoms in total. The minimum Gasteiger partial charge on any atom is -0.507 e. The Morgan fingerprint density at radius 2 is 0.694 bits per heavy atom. The number of phenolic OH excluding ortho intramolecular Hbond substituents is 3. The molecule has 0 spiro atoms. The van der Waals surface area contributed by atoms with Gasteiger partial charge in [-0.3, -0.25) is 14.4 Å². The number of ether oxygens (including phenoxy) is 3. The van der Waals surface area contributed by atoms with Crippen molar-refractivity contribution < 1.29 is 43.9 Å². The molecule has 3 N–H and O–H groups in total. The van der Waals surface area contributed by atoms with E-state index in [1.165, 1.54) is 0 Å². The Bertz CT molecular complexity index is 2490. The molecule has 0 amide bonds. The standard InChI is InChI=1S/C57H75N3O12/c1-13-16-40-31-37(34-43(49(40)64)55(4,5)6)19-22-46(61)70-28-25-58-52(67)59(26-29-71-47(62)23-20-38-32-41(17-14-2)50(65)44(35-38)56(7,8)9)54(69)60(53(58)68)27-30-72-48(63)24-21-39-33-42(18-15-3)51(66)45(36-39)57(10,11)12/h13-15,31-36,64-66H,1-3,16-30H2,4-12H3. The van der Waals surface area contributed by atoms with E-state index in [0.717, 1.165) is 47.1 Å². The van der Waals surface area contributed by atoms with Crippen molar-refractivity contribution >= 4 is 17.9 Å². The van der Waals surface area contributed by atoms with Gasteiger partial charge in [-0.05, 0) is 105 Å². The molecule has 3 aromatic carbocycles. The van der Waals surface area contributed by atoms with Crippen LogP contribution in [0, 0.1) is 0 Å². The number of carbonyl (C=O) groups excluding carboxylic acids is 3. The number of hydrogen-bond acceptors (Lipinski definition) is 12. The largest absolute Gasteiger partial charge is 0.507 e. The van der Waals surface area contributed by atoms with Crippen LogP contribution in [0.25, 0.3) is 0 Å². The molecule has 0 aliphatic heterocycles. The molecule has 390 valence electrons. The van der Waals surface area contributed by atoms with Crippen molar-refractivity contribution in [2.75, 3.05) is 19.8 Å². The maximum absolute atomic E-state index is 13.8. The van der Waals surface area contributed by atoms with Crippen LogP contribution in [0.1, 0.15) is 132 Å². The normalized spacial score (nSPS) is 11.8. The molecule has 4 rings (SSSR count). The van der Waals surface area contributed by atoms with Gasteiger partial charge in [-0.15, -0.1) is 19.7 Å². The van der Waals surface area contributed by atoms with Crippen LogP contribution >= 0.6 is 0 Å². The third-order valence-electron chi connectivity index (χ3n) is 12.2. The Balaban J connectivity index is 1.51. The third kappa shape index (κ3) is 15.5. The van der Waals surface area contributed by atoms with Crippen LogP contribution in [0.15, 0.2) is 88.7 Å². The van der Waals surface area contributed by atoms with Crippen LogP contribution in [0.5, 0.6) is 17.2 Å². The van der Waals surface area contributed by atoms with Crippen molar-refractivity contribution in [3.8, 4) is 17.2 Å². The molecule has 0 saturated heterocycles. The van der Waals surface area contributed by atoms with Gasteiger partial charge in [-0.2, -0.15) is 0 Å². The summed E-state index contributed by atoms with van der Waals surface area (Å²) in [5, 5.41) is 32.7. The van der Waals surface area contributed by atoms with Crippen LogP contribution in [0.3, 0.4) is 0 Å². The summed E-state index contributed by atoms with van der Waals surface area (Å²) in [4.78, 5) is 80.6. The number of aromatic nitrogens is 3. The smallest absolute Gasteiger partial charge is 0.336 e. The molecule has 0 atom stereocenters. The van der Waals surface area contributed by atoms with E-state index >= 15 is 0 Å². The summed E-state index contributed by atoms with van der Waals surface area (Å²) in [5.41, 5.74) is 2.44. The zero-order valence-corrected chi connectivity index (χ0v) is 43.8. The summed E-state index contributed by atoms with van der Waals surface area (Å²) in [6.45, 7) is 26.7. The van der Waals surface area contributed by atoms with Crippen LogP contribution in [0.2, 0.25) is 0 Å². The summed E-state index contributed by atoms with van der Waals surface area (Å²) >= 11 is 0. The minimum atomic E-state index is -1.02. The lowest BCUT2D eigenvalue weighted by molar-refractivity contribution is -0.144. The fourth-order valence-corrected chi connectivity index (χ4v) is 8.33. The Labute approximate surface area is 423 Å². The van der Waals surface area contributed by atoms with Gasteiger partial charge in [0.25, 0.3) is 0 Å². The molecule has 0 fully saturated rings. The first-order valence-corrected chi connectivity index (χ1v) is 24.5. The molecule has 15 heteroatoms. The first-order valence-electron chi connectivity index (χ1n) is 24.5. The number of carbonyl (C=O) groups is 3. The molecule has 1 heterocycles. The zero-order chi connectivity index (χ0) is 53.7. The van der Waals surface area contributed by atoms with Crippen molar-refractivity contribution in [3.05, 3.63) is 156 Å². The number of nitrogens with zero attached hydrogens (tertiary/aromatic N) is 3. The first-order chi connectivity index (χ1) is 33.7. The predicted octanol–water partition coefficient (Wildman–Crippen LogP) is 7.89. The summed E-state index contributed by atoms with van der Waals surface area (Å²) in [6.07, 6.45) is 7.07. The Kier molecular flexibility index (Phi) is 20.0. The number of aryl methyl sites for hydroxylation is 3. The molecule has 72 heavy (non-hydrogen) atoms. The van der Waals surface area contributed by atoms with Gasteiger partial charge in [0.1, 0.15) is 37.1 Å². The van der Waals surface area contributed by atoms with E-state index in [0.29, 0.717) is 36.0 Å². The molecule has 0 unspecified atom stereocenters. The highest BCUT2D eigenvalue weighted by Crippen LogP contribution is 2.37. The number of rotatable bonds is 24. The number of phenols is 3. The SMILES string of the molecule is C=CCc1cc(CCC(=O)OCCn2c(=O)n(CCOC(=O)CCc3cc(CC=C)c(O)c(C(C)(C)C)c3)c(=O)n(CCOC(=O)CCc3cc(CC=C)c(O)c(C(C)(C)C)c3)c2=O)cc(C(C)(C)C)c1O. The zero-order valence-electron chi connectivity index (χ0n) is 43.8. The second-order valence-corrected chi connectivity index (χ2v) is 21.1. The lowest BCUT2D eigenvalue weighted by atomic mass is 9.83. The quantitative estimate of drug-likeness (QED) is 0.0348. The third-order valence-corrected chi connectivity index (χ3v) is 12.2. The first kappa shape index (κ1) is 57.7. The second-order valence-electron chi connectivity index (χ2n) is 21.1. The summed E-state index contributed by atoms with van der Waals surface area (Å²) in [6, 6.07) is 11.0. The average Bonchev–Trinajstić information content (AvgIpc) is 3.29. The van der Waals surface area contributed by atoms with Gasteiger partial charge in [0.15, 0.2) is 0 Å². The molecule has 0 radical (unpaired) electrons. The Morgan fingerprint density at radius 3 is 0.903 bits per heavy atom. The van der Waals surface area contributed by atoms with Crippen molar-refractivity contribution in [2.24, 2.45) is 0 Å². The number of allylic oxidation sites excluding steroid dienone is 3. The topological polar surface area (TPSA) is 206 Å². The minimum absolute atomic E-state index is 0.0434. The monoisotopic (exact) mass is 994 g/mol. The van der Waals surface area contributed by atoms with Gasteiger partial charge in [0.05, 0.1) is 19.6 Å². The lowest BCUT2D eigenvalue weighted by Gasteiger charge is -2.23. The van der Waals surface area contributed by atoms with E-state index in [4.69, 9.17) is 14.2 Å². The number of benzene rings is 3. The molecule has 0 bridgehead atoms. The predicted molar refractivity (Wildman–Crippen MR) is 279 cm³/mol. The lowest BCUT2D eigenvalue weighted by Crippen LogP contribution is -2.55. The van der Waals surface area contributed by atoms with Crippen LogP contribution in [-0.4, -0.2) is 66.7 Å². The highest BCUT2D eigenvalue weighted by Gasteiger charge is 2.25. The van der Waals surface area contributed by atoms with E-state index in [9.17, 15) is 44.1 Å². The highest BCUT2D eigenvalue weighted by molar-refractivity contribution is 5.71. The van der Waals surface area contributed by atoms with E-state index in [1.807, 2.05) is 98.7 Å². The van der Waals surface area contributed by atoms with Gasteiger partial charge in [0, 0.05) is 19.3 Å². The van der Waals surface area contributed by atoms with E-state index in [1.54, 1.807) is 18.2 Å². The summed E-state index contributed by atoms with van der Waals surface area (Å²) in [7, 11) is 0. The number of hydrogen-bond donors (Lipinski definition) is 3. The van der Waals surface area contributed by atoms with Crippen LogP contribution in [0.4, 0.5) is 0 Å². The molecule has 0 aliphatic carbocycles. The summed E-state index contributed by atoms with van der Waals surface area (Å²) in [5.74, 6) is -1.28. The maximum Gasteiger partial charge on any atom is 0.336 e. The average molecular weight is 994 g/mol. The van der Waals surface area contributed by atoms with Crippen LogP contribution < -0.4 is 17.1 Å². The fourth-order valence-electron chi connectivity index (χ4n) is 8.33. The Morgan fingerprint density at radius 1 is 0.458 bits per heavy atom. The number of esters is 3. The van der Waals surface area contributed by atoms with Crippen LogP contribution in [-0.2, 0) is 103 Å². The maximum atomic E-state index is 13.8. The molecule has 0 saturated carbocycles. The van der Waals surface area contributed by atoms with Gasteiger partial charge in [-0.25, -0.2) is 28.1 Å². The molecule has 1 aromatic heterocycles. The van der Waals surface area contributed by atoms with E-state index in [2.05, 4.69) is 19.7 Å². The van der Waals surface area contributed by atoms with E-state index in [-0.39, 0.29) is 72.0 Å². The van der Waals surface area contributed by atoms with Crippen molar-refractivity contribution in [1.29, 1.82) is 0 Å². The van der Waals surface area contributed by atoms with Crippen molar-refractivity contribution in [3.63, 3.8) is 0 Å². The Hall–Kier alpha value is -6.90. The molecular formula is C57H75N3O12. The van der Waals surface area contributed by atoms with Crippen molar-refractivity contribution in [2.45, 2.75) is 156 Å². The van der Waals surface area contributed by atoms with Gasteiger partial charge >= 0.3 is 35.0 Å². The highest BCUT2D eigenvalue weighted by atomic mass is 16.5. The van der Waals surface area contributed by atoms with Gasteiger partial charge < -0.3 is 29.5 Å². The molecule has 0 aliphatic rings. The van der Waals surface area contributed by atoms with Gasteiger partial charge in [-0.1, -0.05) is 117 Å². The number of aromatic hydroxyl groups is 3.